The molecule has 0 aromatic carbocycles. The molecule has 0 radical (unpaired) electrons. The Morgan fingerprint density at radius 3 is 2.59 bits per heavy atom. The first kappa shape index (κ1) is 12.5. The zero-order chi connectivity index (χ0) is 12.1. The third kappa shape index (κ3) is 2.48. The lowest BCUT2D eigenvalue weighted by molar-refractivity contribution is -0.0998. The summed E-state index contributed by atoms with van der Waals surface area (Å²) in [5.41, 5.74) is 1.07. The van der Waals surface area contributed by atoms with Crippen molar-refractivity contribution in [3.05, 3.63) is 24.3 Å². The van der Waals surface area contributed by atoms with Crippen LogP contribution in [0.2, 0.25) is 0 Å². The first-order chi connectivity index (χ1) is 8.32. The van der Waals surface area contributed by atoms with Gasteiger partial charge in [0.15, 0.2) is 0 Å². The Morgan fingerprint density at radius 2 is 2.12 bits per heavy atom. The largest absolute Gasteiger partial charge is 0.376 e. The molecule has 1 saturated carbocycles. The van der Waals surface area contributed by atoms with Gasteiger partial charge in [0.1, 0.15) is 6.33 Å². The van der Waals surface area contributed by atoms with Crippen LogP contribution in [0.4, 0.5) is 0 Å². The predicted molar refractivity (Wildman–Crippen MR) is 66.7 cm³/mol. The molecule has 1 N–H and O–H groups in total. The summed E-state index contributed by atoms with van der Waals surface area (Å²) in [6.07, 6.45) is 9.93. The number of methoxy groups -OCH3 is 1. The monoisotopic (exact) mass is 235 g/mol. The van der Waals surface area contributed by atoms with Crippen molar-refractivity contribution in [1.29, 1.82) is 0 Å². The summed E-state index contributed by atoms with van der Waals surface area (Å²) in [6.45, 7) is 3.16. The SMILES string of the molecule is CCCNC(c1cncnc1)C1(OC)CCC1. The van der Waals surface area contributed by atoms with Crippen molar-refractivity contribution in [3.8, 4) is 0 Å². The van der Waals surface area contributed by atoms with Crippen molar-refractivity contribution in [2.24, 2.45) is 0 Å². The average molecular weight is 235 g/mol. The number of aromatic nitrogens is 2. The van der Waals surface area contributed by atoms with Gasteiger partial charge in [0.2, 0.25) is 0 Å². The molecule has 1 atom stereocenters. The Kier molecular flexibility index (Phi) is 4.07. The molecule has 1 aromatic rings. The van der Waals surface area contributed by atoms with E-state index in [2.05, 4.69) is 22.2 Å². The van der Waals surface area contributed by atoms with Gasteiger partial charge in [0, 0.05) is 25.1 Å². The smallest absolute Gasteiger partial charge is 0.115 e. The molecule has 4 heteroatoms. The van der Waals surface area contributed by atoms with Gasteiger partial charge in [0.25, 0.3) is 0 Å². The molecule has 0 spiro atoms. The maximum absolute atomic E-state index is 5.77. The molecule has 1 aliphatic carbocycles. The standard InChI is InChI=1S/C13H21N3O/c1-3-7-16-12(11-8-14-10-15-9-11)13(17-2)5-4-6-13/h8-10,12,16H,3-7H2,1-2H3. The Morgan fingerprint density at radius 1 is 1.41 bits per heavy atom. The van der Waals surface area contributed by atoms with Gasteiger partial charge in [-0.05, 0) is 32.2 Å². The van der Waals surface area contributed by atoms with Crippen LogP contribution >= 0.6 is 0 Å². The Hall–Kier alpha value is -1.00. The molecule has 94 valence electrons. The zero-order valence-electron chi connectivity index (χ0n) is 10.6. The van der Waals surface area contributed by atoms with Gasteiger partial charge < -0.3 is 10.1 Å². The van der Waals surface area contributed by atoms with Crippen molar-refractivity contribution in [3.63, 3.8) is 0 Å². The molecule has 1 aromatic heterocycles. The van der Waals surface area contributed by atoms with E-state index in [1.54, 1.807) is 6.33 Å². The number of rotatable bonds is 6. The number of hydrogen-bond donors (Lipinski definition) is 1. The Labute approximate surface area is 103 Å². The fraction of sp³-hybridized carbons (Fsp3) is 0.692. The van der Waals surface area contributed by atoms with E-state index in [9.17, 15) is 0 Å². The highest BCUT2D eigenvalue weighted by Crippen LogP contribution is 2.44. The average Bonchev–Trinajstić information content (AvgIpc) is 2.33. The molecule has 4 nitrogen and oxygen atoms in total. The minimum absolute atomic E-state index is 0.0557. The fourth-order valence-electron chi connectivity index (χ4n) is 2.49. The molecule has 2 rings (SSSR count). The van der Waals surface area contributed by atoms with Crippen LogP contribution in [0.15, 0.2) is 18.7 Å². The van der Waals surface area contributed by atoms with Gasteiger partial charge in [-0.2, -0.15) is 0 Å². The maximum atomic E-state index is 5.77. The lowest BCUT2D eigenvalue weighted by Crippen LogP contribution is -2.50. The van der Waals surface area contributed by atoms with Gasteiger partial charge in [-0.15, -0.1) is 0 Å². The molecule has 1 fully saturated rings. The van der Waals surface area contributed by atoms with Crippen LogP contribution < -0.4 is 5.32 Å². The Bertz CT molecular complexity index is 332. The second-order valence-corrected chi connectivity index (χ2v) is 4.68. The minimum Gasteiger partial charge on any atom is -0.376 e. The van der Waals surface area contributed by atoms with Crippen LogP contribution in [-0.4, -0.2) is 29.2 Å². The first-order valence-electron chi connectivity index (χ1n) is 6.36. The van der Waals surface area contributed by atoms with Crippen molar-refractivity contribution in [2.45, 2.75) is 44.2 Å². The highest BCUT2D eigenvalue weighted by Gasteiger charge is 2.45. The third-order valence-electron chi connectivity index (χ3n) is 3.64. The molecular weight excluding hydrogens is 214 g/mol. The van der Waals surface area contributed by atoms with E-state index in [-0.39, 0.29) is 11.6 Å². The zero-order valence-corrected chi connectivity index (χ0v) is 10.6. The van der Waals surface area contributed by atoms with Gasteiger partial charge in [0.05, 0.1) is 11.6 Å². The summed E-state index contributed by atoms with van der Waals surface area (Å²) in [6, 6.07) is 0.211. The molecule has 0 saturated heterocycles. The molecule has 0 amide bonds. The maximum Gasteiger partial charge on any atom is 0.115 e. The van der Waals surface area contributed by atoms with Gasteiger partial charge in [-0.3, -0.25) is 0 Å². The molecule has 0 bridgehead atoms. The summed E-state index contributed by atoms with van der Waals surface area (Å²) >= 11 is 0. The molecule has 1 heterocycles. The van der Waals surface area contributed by atoms with Crippen molar-refractivity contribution < 1.29 is 4.74 Å². The Balaban J connectivity index is 2.19. The van der Waals surface area contributed by atoms with Crippen LogP contribution in [0.3, 0.4) is 0 Å². The van der Waals surface area contributed by atoms with Crippen molar-refractivity contribution in [1.82, 2.24) is 15.3 Å². The van der Waals surface area contributed by atoms with Crippen LogP contribution in [0.25, 0.3) is 0 Å². The van der Waals surface area contributed by atoms with Gasteiger partial charge in [-0.1, -0.05) is 6.92 Å². The van der Waals surface area contributed by atoms with E-state index >= 15 is 0 Å². The molecule has 1 unspecified atom stereocenters. The van der Waals surface area contributed by atoms with E-state index in [4.69, 9.17) is 4.74 Å². The highest BCUT2D eigenvalue weighted by atomic mass is 16.5. The van der Waals surface area contributed by atoms with Crippen molar-refractivity contribution in [2.75, 3.05) is 13.7 Å². The second kappa shape index (κ2) is 5.56. The quantitative estimate of drug-likeness (QED) is 0.820. The summed E-state index contributed by atoms with van der Waals surface area (Å²) in [7, 11) is 1.81. The number of nitrogens with one attached hydrogen (secondary N) is 1. The van der Waals surface area contributed by atoms with Crippen LogP contribution in [-0.2, 0) is 4.74 Å². The van der Waals surface area contributed by atoms with Gasteiger partial charge >= 0.3 is 0 Å². The normalized spacial score (nSPS) is 19.6. The molecule has 1 aliphatic rings. The predicted octanol–water partition coefficient (Wildman–Crippen LogP) is 2.09. The van der Waals surface area contributed by atoms with Crippen LogP contribution in [0.1, 0.15) is 44.2 Å². The number of hydrogen-bond acceptors (Lipinski definition) is 4. The topological polar surface area (TPSA) is 47.0 Å². The lowest BCUT2D eigenvalue weighted by Gasteiger charge is -2.46. The fourth-order valence-corrected chi connectivity index (χ4v) is 2.49. The summed E-state index contributed by atoms with van der Waals surface area (Å²) < 4.78 is 5.77. The molecule has 0 aliphatic heterocycles. The summed E-state index contributed by atoms with van der Waals surface area (Å²) in [5.74, 6) is 0. The lowest BCUT2D eigenvalue weighted by atomic mass is 9.72. The minimum atomic E-state index is -0.0557. The highest BCUT2D eigenvalue weighted by molar-refractivity contribution is 5.17. The number of nitrogens with zero attached hydrogens (tertiary/aromatic N) is 2. The van der Waals surface area contributed by atoms with E-state index in [1.165, 1.54) is 6.42 Å². The number of ether oxygens (including phenoxy) is 1. The van der Waals surface area contributed by atoms with Crippen LogP contribution in [0.5, 0.6) is 0 Å². The van der Waals surface area contributed by atoms with E-state index in [0.29, 0.717) is 0 Å². The summed E-state index contributed by atoms with van der Waals surface area (Å²) in [4.78, 5) is 8.23. The third-order valence-corrected chi connectivity index (χ3v) is 3.64. The molecular formula is C13H21N3O. The van der Waals surface area contributed by atoms with Crippen LogP contribution in [0, 0.1) is 0 Å². The van der Waals surface area contributed by atoms with E-state index in [0.717, 1.165) is 31.4 Å². The second-order valence-electron chi connectivity index (χ2n) is 4.68. The summed E-state index contributed by atoms with van der Waals surface area (Å²) in [5, 5.41) is 3.57. The first-order valence-corrected chi connectivity index (χ1v) is 6.36. The van der Waals surface area contributed by atoms with Gasteiger partial charge in [-0.25, -0.2) is 9.97 Å². The van der Waals surface area contributed by atoms with Crippen molar-refractivity contribution >= 4 is 0 Å². The van der Waals surface area contributed by atoms with E-state index < -0.39 is 0 Å². The van der Waals surface area contributed by atoms with E-state index in [1.807, 2.05) is 19.5 Å². The molecule has 17 heavy (non-hydrogen) atoms.